The Bertz CT molecular complexity index is 10200. The van der Waals surface area contributed by atoms with Crippen molar-refractivity contribution in [3.63, 3.8) is 0 Å². The largest absolute Gasteiger partial charge is 0.310 e. The molecule has 0 bridgehead atoms. The Hall–Kier alpha value is -19.5. The summed E-state index contributed by atoms with van der Waals surface area (Å²) >= 11 is 0. The molecule has 4 nitrogen and oxygen atoms in total. The SMILES string of the molecule is c1ccc(N(c2ccc(-c3ccc(N(c4ccccc4)c4cc5ccc6ccc7ccc8ccc9ccc4c4c9c8c7c6c54)cc3)cc2)c2cc3ccc4ccc5ccc6ccc7ccc2c2c7c6c5c4c32)cc1.c1ccc(N(c2ccc(-c3ccc(N(c4ccccc4)c4cc5ccc6ccc7ccc8ccc9ccc4c4c9c8c7c6c54)cc3)cc2)c2cc3ccc4ccc5ccc6ccc7ccc2c2c7c6c5c4c32)cc1. The molecule has 0 aromatic heterocycles. The predicted octanol–water partition coefficient (Wildman–Crippen LogP) is 41.5. The smallest absolute Gasteiger partial charge is 0.0546 e. The summed E-state index contributed by atoms with van der Waals surface area (Å²) in [5, 5.41) is 63.7. The summed E-state index contributed by atoms with van der Waals surface area (Å²) in [5.41, 5.74) is 18.4. The molecule has 0 heterocycles. The lowest BCUT2D eigenvalue weighted by molar-refractivity contribution is 1.30. The van der Waals surface area contributed by atoms with Gasteiger partial charge >= 0.3 is 0 Å². The average molecular weight is 1870 g/mol. The summed E-state index contributed by atoms with van der Waals surface area (Å²) in [5.74, 6) is 0. The first-order chi connectivity index (χ1) is 73.4. The van der Waals surface area contributed by atoms with Crippen LogP contribution < -0.4 is 19.6 Å². The number of para-hydroxylation sites is 4. The van der Waals surface area contributed by atoms with E-state index in [9.17, 15) is 0 Å². The monoisotopic (exact) mass is 1860 g/mol. The fourth-order valence-electron chi connectivity index (χ4n) is 27.8. The third kappa shape index (κ3) is 10.6. The first-order valence-corrected chi connectivity index (χ1v) is 51.6. The van der Waals surface area contributed by atoms with E-state index >= 15 is 0 Å². The lowest BCUT2D eigenvalue weighted by Gasteiger charge is -2.29. The molecule has 0 spiro atoms. The second kappa shape index (κ2) is 29.2. The number of nitrogens with zero attached hydrogens (tertiary/aromatic N) is 4. The Morgan fingerprint density at radius 3 is 0.351 bits per heavy atom. The number of hydrogen-bond donors (Lipinski definition) is 0. The topological polar surface area (TPSA) is 13.0 Å². The standard InChI is InChI=1S/2C72H40N2/c2*1-3-7-53(8-4-1)73(59-39-51-25-23-47-17-13-43-11-15-45-19-21-49-31-37-57(59)71-67(49)63(45)61(43)65(47)69(51)71)55-33-27-41(28-34-55)42-29-35-56(36-30-42)74(54-9-5-2-6-10-54)60-40-52-26-24-48-18-14-44-12-16-46-20-22-50-32-38-58(60)72-68(50)64(46)62(44)66(48)70(52)72/h2*1-40H. The maximum Gasteiger partial charge on any atom is 0.0546 e. The minimum Gasteiger partial charge on any atom is -0.310 e. The van der Waals surface area contributed by atoms with Crippen molar-refractivity contribution in [1.82, 2.24) is 0 Å². The first kappa shape index (κ1) is 79.1. The highest BCUT2D eigenvalue weighted by Gasteiger charge is 2.33. The second-order valence-corrected chi connectivity index (χ2v) is 41.4. The average Bonchev–Trinajstić information content (AvgIpc) is 0.693. The van der Waals surface area contributed by atoms with Crippen LogP contribution in [0.2, 0.25) is 0 Å². The van der Waals surface area contributed by atoms with Gasteiger partial charge in [0.25, 0.3) is 0 Å². The fourth-order valence-corrected chi connectivity index (χ4v) is 27.8. The molecule has 36 rings (SSSR count). The molecular formula is C144H80N4. The molecule has 0 N–H and O–H groups in total. The van der Waals surface area contributed by atoms with E-state index in [-0.39, 0.29) is 0 Å². The van der Waals surface area contributed by atoms with Gasteiger partial charge in [-0.1, -0.05) is 364 Å². The summed E-state index contributed by atoms with van der Waals surface area (Å²) in [6.07, 6.45) is 0. The minimum absolute atomic E-state index is 1.11. The molecule has 0 atom stereocenters. The van der Waals surface area contributed by atoms with Crippen LogP contribution in [-0.2, 0) is 0 Å². The van der Waals surface area contributed by atoms with Gasteiger partial charge in [-0.2, -0.15) is 0 Å². The van der Waals surface area contributed by atoms with Crippen LogP contribution >= 0.6 is 0 Å². The molecule has 0 amide bonds. The highest BCUT2D eigenvalue weighted by molar-refractivity contribution is 6.51. The Labute approximate surface area is 847 Å². The lowest BCUT2D eigenvalue weighted by Crippen LogP contribution is -2.11. The molecule has 0 aliphatic carbocycles. The summed E-state index contributed by atoms with van der Waals surface area (Å²) in [6.45, 7) is 0. The van der Waals surface area contributed by atoms with Gasteiger partial charge in [0.15, 0.2) is 0 Å². The Balaban J connectivity index is 0.000000124. The van der Waals surface area contributed by atoms with Crippen molar-refractivity contribution in [2.24, 2.45) is 0 Å². The van der Waals surface area contributed by atoms with Crippen LogP contribution in [0.25, 0.3) is 281 Å². The Morgan fingerprint density at radius 1 is 0.0878 bits per heavy atom. The zero-order chi connectivity index (χ0) is 95.8. The van der Waals surface area contributed by atoms with Gasteiger partial charge < -0.3 is 19.6 Å². The van der Waals surface area contributed by atoms with Crippen LogP contribution in [-0.4, -0.2) is 0 Å². The first-order valence-electron chi connectivity index (χ1n) is 51.6. The van der Waals surface area contributed by atoms with Crippen molar-refractivity contribution in [1.29, 1.82) is 0 Å². The maximum absolute atomic E-state index is 2.46. The molecule has 0 fully saturated rings. The van der Waals surface area contributed by atoms with E-state index in [2.05, 4.69) is 505 Å². The normalized spacial score (nSPS) is 12.6. The van der Waals surface area contributed by atoms with Gasteiger partial charge in [-0.25, -0.2) is 0 Å². The summed E-state index contributed by atoms with van der Waals surface area (Å²) < 4.78 is 0. The van der Waals surface area contributed by atoms with Crippen LogP contribution in [0.5, 0.6) is 0 Å². The molecule has 4 heteroatoms. The van der Waals surface area contributed by atoms with E-state index in [4.69, 9.17) is 0 Å². The van der Waals surface area contributed by atoms with Crippen LogP contribution in [0.3, 0.4) is 0 Å². The number of hydrogen-bond acceptors (Lipinski definition) is 4. The molecule has 36 aromatic carbocycles. The quantitative estimate of drug-likeness (QED) is 0.0795. The van der Waals surface area contributed by atoms with E-state index in [1.54, 1.807) is 0 Å². The van der Waals surface area contributed by atoms with Crippen molar-refractivity contribution in [3.05, 3.63) is 485 Å². The molecular weight excluding hydrogens is 1790 g/mol. The number of anilines is 12. The van der Waals surface area contributed by atoms with Crippen molar-refractivity contribution in [2.75, 3.05) is 19.6 Å². The van der Waals surface area contributed by atoms with Crippen molar-refractivity contribution >= 4 is 327 Å². The fraction of sp³-hybridized carbons (Fsp3) is 0. The summed E-state index contributed by atoms with van der Waals surface area (Å²) in [7, 11) is 0. The molecule has 148 heavy (non-hydrogen) atoms. The lowest BCUT2D eigenvalue weighted by atomic mass is 9.82. The van der Waals surface area contributed by atoms with E-state index in [0.717, 1.165) is 45.5 Å². The van der Waals surface area contributed by atoms with E-state index in [1.165, 1.54) is 304 Å². The second-order valence-electron chi connectivity index (χ2n) is 41.4. The third-order valence-electron chi connectivity index (χ3n) is 34.1. The Morgan fingerprint density at radius 2 is 0.203 bits per heavy atom. The maximum atomic E-state index is 2.46. The van der Waals surface area contributed by atoms with Gasteiger partial charge in [0.05, 0.1) is 22.7 Å². The molecule has 0 unspecified atom stereocenters. The van der Waals surface area contributed by atoms with E-state index in [0.29, 0.717) is 0 Å². The molecule has 0 saturated heterocycles. The van der Waals surface area contributed by atoms with Gasteiger partial charge in [-0.05, 0) is 359 Å². The third-order valence-corrected chi connectivity index (χ3v) is 34.1. The predicted molar refractivity (Wildman–Crippen MR) is 637 cm³/mol. The van der Waals surface area contributed by atoms with Crippen molar-refractivity contribution < 1.29 is 0 Å². The number of rotatable bonds is 14. The minimum atomic E-state index is 1.11. The zero-order valence-electron chi connectivity index (χ0n) is 80.0. The van der Waals surface area contributed by atoms with E-state index in [1.807, 2.05) is 0 Å². The number of benzene rings is 36. The molecule has 36 aromatic rings. The molecule has 0 aliphatic heterocycles. The molecule has 0 aliphatic rings. The van der Waals surface area contributed by atoms with Crippen molar-refractivity contribution in [3.8, 4) is 22.3 Å². The highest BCUT2D eigenvalue weighted by atomic mass is 15.2. The summed E-state index contributed by atoms with van der Waals surface area (Å²) in [6, 6.07) is 183. The van der Waals surface area contributed by atoms with Gasteiger partial charge in [0.1, 0.15) is 0 Å². The van der Waals surface area contributed by atoms with Crippen molar-refractivity contribution in [2.45, 2.75) is 0 Å². The Kier molecular flexibility index (Phi) is 15.6. The van der Waals surface area contributed by atoms with Crippen LogP contribution in [0, 0.1) is 0 Å². The van der Waals surface area contributed by atoms with Crippen LogP contribution in [0.4, 0.5) is 68.2 Å². The van der Waals surface area contributed by atoms with E-state index < -0.39 is 0 Å². The van der Waals surface area contributed by atoms with Gasteiger partial charge in [0, 0.05) is 88.6 Å². The van der Waals surface area contributed by atoms with Crippen LogP contribution in [0.15, 0.2) is 485 Å². The van der Waals surface area contributed by atoms with Gasteiger partial charge in [-0.15, -0.1) is 0 Å². The summed E-state index contributed by atoms with van der Waals surface area (Å²) in [4.78, 5) is 9.84. The molecule has 0 radical (unpaired) electrons. The van der Waals surface area contributed by atoms with Gasteiger partial charge in [-0.3, -0.25) is 0 Å². The highest BCUT2D eigenvalue weighted by Crippen LogP contribution is 2.60. The van der Waals surface area contributed by atoms with Crippen LogP contribution in [0.1, 0.15) is 0 Å². The molecule has 0 saturated carbocycles. The molecule has 676 valence electrons. The zero-order valence-corrected chi connectivity index (χ0v) is 80.0. The van der Waals surface area contributed by atoms with Gasteiger partial charge in [0.2, 0.25) is 0 Å².